The van der Waals surface area contributed by atoms with Crippen LogP contribution in [0.5, 0.6) is 0 Å². The molecule has 26 heavy (non-hydrogen) atoms. The molecule has 1 N–H and O–H groups in total. The third kappa shape index (κ3) is 3.57. The molecular formula is C19H22N6O. The molecule has 4 heterocycles. The summed E-state index contributed by atoms with van der Waals surface area (Å²) < 4.78 is 1.88. The van der Waals surface area contributed by atoms with E-state index in [1.165, 1.54) is 6.33 Å². The summed E-state index contributed by atoms with van der Waals surface area (Å²) in [5, 5.41) is 3.41. The molecule has 134 valence electrons. The van der Waals surface area contributed by atoms with Crippen LogP contribution < -0.4 is 5.32 Å². The summed E-state index contributed by atoms with van der Waals surface area (Å²) in [7, 11) is 0. The van der Waals surface area contributed by atoms with Crippen molar-refractivity contribution < 1.29 is 4.79 Å². The van der Waals surface area contributed by atoms with Crippen molar-refractivity contribution in [1.29, 1.82) is 0 Å². The molecule has 3 aromatic heterocycles. The predicted octanol–water partition coefficient (Wildman–Crippen LogP) is 1.91. The van der Waals surface area contributed by atoms with Crippen LogP contribution in [-0.2, 0) is 6.54 Å². The smallest absolute Gasteiger partial charge is 0.274 e. The first-order chi connectivity index (χ1) is 12.8. The van der Waals surface area contributed by atoms with Crippen LogP contribution in [-0.4, -0.2) is 49.3 Å². The quantitative estimate of drug-likeness (QED) is 0.778. The van der Waals surface area contributed by atoms with E-state index in [2.05, 4.69) is 20.3 Å². The summed E-state index contributed by atoms with van der Waals surface area (Å²) in [5.74, 6) is -0.0375. The van der Waals surface area contributed by atoms with Crippen molar-refractivity contribution in [2.75, 3.05) is 13.1 Å². The summed E-state index contributed by atoms with van der Waals surface area (Å²) in [6, 6.07) is 5.94. The van der Waals surface area contributed by atoms with Gasteiger partial charge in [-0.05, 0) is 44.5 Å². The number of hydrogen-bond acceptors (Lipinski definition) is 5. The second-order valence-corrected chi connectivity index (χ2v) is 6.61. The molecule has 1 aliphatic rings. The summed E-state index contributed by atoms with van der Waals surface area (Å²) in [4.78, 5) is 27.9. The fraction of sp³-hybridized carbons (Fsp3) is 0.368. The first-order valence-electron chi connectivity index (χ1n) is 9.00. The van der Waals surface area contributed by atoms with Gasteiger partial charge in [0.25, 0.3) is 5.91 Å². The summed E-state index contributed by atoms with van der Waals surface area (Å²) in [6.45, 7) is 2.42. The highest BCUT2D eigenvalue weighted by atomic mass is 16.2. The molecule has 1 atom stereocenters. The Balaban J connectivity index is 1.64. The minimum atomic E-state index is -0.0375. The SMILES string of the molecule is O=C(c1cn2ccccc2n1)N(Cc1cncnc1)C1CCCNCC1. The summed E-state index contributed by atoms with van der Waals surface area (Å²) >= 11 is 0. The molecule has 3 aromatic rings. The third-order valence-electron chi connectivity index (χ3n) is 4.80. The Morgan fingerprint density at radius 1 is 1.23 bits per heavy atom. The van der Waals surface area contributed by atoms with Crippen LogP contribution in [0.25, 0.3) is 5.65 Å². The van der Waals surface area contributed by atoms with Crippen molar-refractivity contribution >= 4 is 11.6 Å². The predicted molar refractivity (Wildman–Crippen MR) is 97.6 cm³/mol. The molecule has 0 saturated carbocycles. The number of aromatic nitrogens is 4. The number of fused-ring (bicyclic) bond motifs is 1. The van der Waals surface area contributed by atoms with E-state index in [0.717, 1.165) is 43.6 Å². The van der Waals surface area contributed by atoms with Gasteiger partial charge >= 0.3 is 0 Å². The zero-order valence-corrected chi connectivity index (χ0v) is 14.6. The number of pyridine rings is 1. The van der Waals surface area contributed by atoms with Gasteiger partial charge in [0.05, 0.1) is 0 Å². The monoisotopic (exact) mass is 350 g/mol. The Bertz CT molecular complexity index is 837. The van der Waals surface area contributed by atoms with E-state index in [-0.39, 0.29) is 11.9 Å². The third-order valence-corrected chi connectivity index (χ3v) is 4.80. The van der Waals surface area contributed by atoms with Gasteiger partial charge in [-0.3, -0.25) is 4.79 Å². The van der Waals surface area contributed by atoms with Crippen molar-refractivity contribution in [2.45, 2.75) is 31.8 Å². The van der Waals surface area contributed by atoms with Gasteiger partial charge in [0.1, 0.15) is 17.7 Å². The van der Waals surface area contributed by atoms with Gasteiger partial charge in [0, 0.05) is 42.9 Å². The minimum absolute atomic E-state index is 0.0375. The van der Waals surface area contributed by atoms with E-state index < -0.39 is 0 Å². The molecule has 1 saturated heterocycles. The molecule has 0 radical (unpaired) electrons. The molecule has 0 aromatic carbocycles. The van der Waals surface area contributed by atoms with Crippen LogP contribution in [0.15, 0.2) is 49.3 Å². The van der Waals surface area contributed by atoms with Gasteiger partial charge in [0.15, 0.2) is 0 Å². The van der Waals surface area contributed by atoms with Gasteiger partial charge in [-0.15, -0.1) is 0 Å². The van der Waals surface area contributed by atoms with Gasteiger partial charge < -0.3 is 14.6 Å². The minimum Gasteiger partial charge on any atom is -0.330 e. The van der Waals surface area contributed by atoms with Crippen LogP contribution in [0.4, 0.5) is 0 Å². The van der Waals surface area contributed by atoms with Crippen LogP contribution in [0.1, 0.15) is 35.3 Å². The lowest BCUT2D eigenvalue weighted by molar-refractivity contribution is 0.0639. The maximum absolute atomic E-state index is 13.3. The molecule has 4 rings (SSSR count). The van der Waals surface area contributed by atoms with Crippen molar-refractivity contribution in [3.8, 4) is 0 Å². The molecule has 7 heteroatoms. The fourth-order valence-electron chi connectivity index (χ4n) is 3.47. The van der Waals surface area contributed by atoms with Crippen molar-refractivity contribution in [1.82, 2.24) is 29.6 Å². The molecule has 0 aliphatic carbocycles. The Kier molecular flexibility index (Phi) is 4.88. The Hall–Kier alpha value is -2.80. The van der Waals surface area contributed by atoms with Crippen molar-refractivity contribution in [3.63, 3.8) is 0 Å². The molecule has 0 bridgehead atoms. The van der Waals surface area contributed by atoms with Gasteiger partial charge in [-0.25, -0.2) is 15.0 Å². The number of carbonyl (C=O) groups is 1. The number of imidazole rings is 1. The van der Waals surface area contributed by atoms with Gasteiger partial charge in [-0.2, -0.15) is 0 Å². The fourth-order valence-corrected chi connectivity index (χ4v) is 3.47. The highest BCUT2D eigenvalue weighted by Gasteiger charge is 2.27. The Morgan fingerprint density at radius 2 is 2.12 bits per heavy atom. The van der Waals surface area contributed by atoms with Gasteiger partial charge in [0.2, 0.25) is 0 Å². The number of nitrogens with zero attached hydrogens (tertiary/aromatic N) is 5. The van der Waals surface area contributed by atoms with E-state index in [1.807, 2.05) is 33.7 Å². The van der Waals surface area contributed by atoms with Crippen LogP contribution in [0.2, 0.25) is 0 Å². The second kappa shape index (κ2) is 7.61. The largest absolute Gasteiger partial charge is 0.330 e. The van der Waals surface area contributed by atoms with Gasteiger partial charge in [-0.1, -0.05) is 6.07 Å². The lowest BCUT2D eigenvalue weighted by Crippen LogP contribution is -2.40. The lowest BCUT2D eigenvalue weighted by atomic mass is 10.1. The molecular weight excluding hydrogens is 328 g/mol. The van der Waals surface area contributed by atoms with Crippen LogP contribution in [0.3, 0.4) is 0 Å². The molecule has 1 aliphatic heterocycles. The number of rotatable bonds is 4. The highest BCUT2D eigenvalue weighted by Crippen LogP contribution is 2.19. The lowest BCUT2D eigenvalue weighted by Gasteiger charge is -2.30. The average molecular weight is 350 g/mol. The zero-order valence-electron chi connectivity index (χ0n) is 14.6. The Labute approximate surface area is 152 Å². The maximum Gasteiger partial charge on any atom is 0.274 e. The van der Waals surface area contributed by atoms with E-state index in [1.54, 1.807) is 18.6 Å². The maximum atomic E-state index is 13.3. The van der Waals surface area contributed by atoms with E-state index in [9.17, 15) is 4.79 Å². The van der Waals surface area contributed by atoms with Crippen molar-refractivity contribution in [2.24, 2.45) is 0 Å². The molecule has 1 fully saturated rings. The molecule has 1 unspecified atom stereocenters. The average Bonchev–Trinajstić information content (AvgIpc) is 2.94. The normalized spacial score (nSPS) is 17.8. The summed E-state index contributed by atoms with van der Waals surface area (Å²) in [6.07, 6.45) is 11.7. The topological polar surface area (TPSA) is 75.4 Å². The first kappa shape index (κ1) is 16.7. The van der Waals surface area contributed by atoms with Crippen LogP contribution >= 0.6 is 0 Å². The first-order valence-corrected chi connectivity index (χ1v) is 9.00. The molecule has 0 spiro atoms. The van der Waals surface area contributed by atoms with Crippen molar-refractivity contribution in [3.05, 3.63) is 60.6 Å². The second-order valence-electron chi connectivity index (χ2n) is 6.61. The number of hydrogen-bond donors (Lipinski definition) is 1. The molecule has 1 amide bonds. The van der Waals surface area contributed by atoms with Crippen LogP contribution in [0, 0.1) is 0 Å². The zero-order chi connectivity index (χ0) is 17.8. The van der Waals surface area contributed by atoms with E-state index in [0.29, 0.717) is 12.2 Å². The van der Waals surface area contributed by atoms with E-state index in [4.69, 9.17) is 0 Å². The summed E-state index contributed by atoms with van der Waals surface area (Å²) in [5.41, 5.74) is 2.19. The standard InChI is InChI=1S/C19H22N6O/c26-19(17-13-24-9-2-1-5-18(24)23-17)25(12-15-10-21-14-22-11-15)16-4-3-7-20-8-6-16/h1-2,5,9-11,13-14,16,20H,3-4,6-8,12H2. The molecule has 7 nitrogen and oxygen atoms in total. The number of carbonyl (C=O) groups excluding carboxylic acids is 1. The number of nitrogens with one attached hydrogen (secondary N) is 1. The van der Waals surface area contributed by atoms with E-state index >= 15 is 0 Å². The Morgan fingerprint density at radius 3 is 2.96 bits per heavy atom. The highest BCUT2D eigenvalue weighted by molar-refractivity contribution is 5.93. The number of amides is 1.